The fourth-order valence-electron chi connectivity index (χ4n) is 1.75. The van der Waals surface area contributed by atoms with Gasteiger partial charge in [-0.15, -0.1) is 0 Å². The summed E-state index contributed by atoms with van der Waals surface area (Å²) in [6.45, 7) is 1.57. The molecule has 0 aliphatic rings. The lowest BCUT2D eigenvalue weighted by atomic mass is 10.2. The first-order valence-electron chi connectivity index (χ1n) is 6.46. The Morgan fingerprint density at radius 2 is 1.05 bits per heavy atom. The molecule has 4 heteroatoms. The number of benzene rings is 2. The van der Waals surface area contributed by atoms with Crippen LogP contribution in [0, 0.1) is 0 Å². The Morgan fingerprint density at radius 1 is 0.650 bits per heavy atom. The Hall–Kier alpha value is -2.04. The molecule has 0 unspecified atom stereocenters. The predicted octanol–water partition coefficient (Wildman–Crippen LogP) is 2.83. The minimum Gasteiger partial charge on any atom is -0.508 e. The molecule has 106 valence electrons. The van der Waals surface area contributed by atoms with Crippen LogP contribution < -0.4 is 0 Å². The van der Waals surface area contributed by atoms with Gasteiger partial charge in [0, 0.05) is 11.1 Å². The largest absolute Gasteiger partial charge is 0.508 e. The minimum atomic E-state index is 0.239. The summed E-state index contributed by atoms with van der Waals surface area (Å²) in [4.78, 5) is 0. The molecule has 0 aliphatic heterocycles. The smallest absolute Gasteiger partial charge is 0.121 e. The molecule has 2 rings (SSSR count). The minimum absolute atomic E-state index is 0.239. The van der Waals surface area contributed by atoms with E-state index in [0.717, 1.165) is 11.1 Å². The third kappa shape index (κ3) is 4.26. The summed E-state index contributed by atoms with van der Waals surface area (Å²) in [5.41, 5.74) is 1.52. The molecule has 4 nitrogen and oxygen atoms in total. The lowest BCUT2D eigenvalue weighted by Crippen LogP contribution is -2.04. The quantitative estimate of drug-likeness (QED) is 0.762. The van der Waals surface area contributed by atoms with Crippen LogP contribution in [0.25, 0.3) is 0 Å². The highest BCUT2D eigenvalue weighted by Crippen LogP contribution is 2.17. The van der Waals surface area contributed by atoms with E-state index in [2.05, 4.69) is 0 Å². The van der Waals surface area contributed by atoms with Gasteiger partial charge >= 0.3 is 0 Å². The predicted molar refractivity (Wildman–Crippen MR) is 75.5 cm³/mol. The Bertz CT molecular complexity index is 490. The van der Waals surface area contributed by atoms with Crippen molar-refractivity contribution < 1.29 is 19.7 Å². The SMILES string of the molecule is Oc1ccccc1COCCOCc1ccccc1O. The fourth-order valence-corrected chi connectivity index (χ4v) is 1.75. The van der Waals surface area contributed by atoms with Gasteiger partial charge in [0.1, 0.15) is 11.5 Å². The molecule has 0 bridgehead atoms. The molecular weight excluding hydrogens is 256 g/mol. The normalized spacial score (nSPS) is 10.6. The Morgan fingerprint density at radius 3 is 1.45 bits per heavy atom. The zero-order valence-corrected chi connectivity index (χ0v) is 11.2. The molecule has 0 aromatic heterocycles. The molecule has 0 atom stereocenters. The molecule has 2 aromatic rings. The lowest BCUT2D eigenvalue weighted by Gasteiger charge is -2.08. The molecule has 0 fully saturated rings. The summed E-state index contributed by atoms with van der Waals surface area (Å²) in [7, 11) is 0. The Balaban J connectivity index is 1.63. The highest BCUT2D eigenvalue weighted by Gasteiger charge is 2.01. The van der Waals surface area contributed by atoms with Crippen molar-refractivity contribution in [3.05, 3.63) is 59.7 Å². The van der Waals surface area contributed by atoms with Crippen LogP contribution in [-0.4, -0.2) is 23.4 Å². The van der Waals surface area contributed by atoms with Crippen LogP contribution in [0.1, 0.15) is 11.1 Å². The topological polar surface area (TPSA) is 58.9 Å². The van der Waals surface area contributed by atoms with Gasteiger partial charge in [0.25, 0.3) is 0 Å². The summed E-state index contributed by atoms with van der Waals surface area (Å²) in [5, 5.41) is 19.1. The van der Waals surface area contributed by atoms with Crippen molar-refractivity contribution in [1.82, 2.24) is 0 Å². The molecule has 0 heterocycles. The van der Waals surface area contributed by atoms with E-state index in [9.17, 15) is 10.2 Å². The van der Waals surface area contributed by atoms with Gasteiger partial charge in [0.15, 0.2) is 0 Å². The highest BCUT2D eigenvalue weighted by atomic mass is 16.5. The number of phenols is 2. The first kappa shape index (κ1) is 14.4. The van der Waals surface area contributed by atoms with Gasteiger partial charge in [0.05, 0.1) is 26.4 Å². The van der Waals surface area contributed by atoms with E-state index in [1.165, 1.54) is 0 Å². The molecule has 0 saturated heterocycles. The number of hydrogen-bond donors (Lipinski definition) is 2. The van der Waals surface area contributed by atoms with E-state index in [-0.39, 0.29) is 11.5 Å². The lowest BCUT2D eigenvalue weighted by molar-refractivity contribution is 0.0328. The van der Waals surface area contributed by atoms with Gasteiger partial charge in [0.2, 0.25) is 0 Å². The zero-order valence-electron chi connectivity index (χ0n) is 11.2. The maximum Gasteiger partial charge on any atom is 0.121 e. The van der Waals surface area contributed by atoms with Gasteiger partial charge < -0.3 is 19.7 Å². The molecule has 20 heavy (non-hydrogen) atoms. The van der Waals surface area contributed by atoms with E-state index in [1.54, 1.807) is 24.3 Å². The summed E-state index contributed by atoms with van der Waals surface area (Å²) >= 11 is 0. The van der Waals surface area contributed by atoms with Gasteiger partial charge in [-0.3, -0.25) is 0 Å². The van der Waals surface area contributed by atoms with Crippen molar-refractivity contribution in [3.63, 3.8) is 0 Å². The molecule has 0 aliphatic carbocycles. The second kappa shape index (κ2) is 7.53. The number of hydrogen-bond acceptors (Lipinski definition) is 4. The van der Waals surface area contributed by atoms with Crippen molar-refractivity contribution in [2.24, 2.45) is 0 Å². The summed E-state index contributed by atoms with van der Waals surface area (Å²) in [6, 6.07) is 14.2. The Labute approximate surface area is 118 Å². The van der Waals surface area contributed by atoms with Crippen molar-refractivity contribution in [3.8, 4) is 11.5 Å². The molecule has 0 saturated carbocycles. The van der Waals surface area contributed by atoms with Crippen LogP contribution in [-0.2, 0) is 22.7 Å². The standard InChI is InChI=1S/C16H18O4/c17-15-7-3-1-5-13(15)11-19-9-10-20-12-14-6-2-4-8-16(14)18/h1-8,17-18H,9-12H2. The second-order valence-electron chi connectivity index (χ2n) is 4.36. The summed E-state index contributed by atoms with van der Waals surface area (Å²) < 4.78 is 10.8. The van der Waals surface area contributed by atoms with Gasteiger partial charge in [-0.05, 0) is 12.1 Å². The van der Waals surface area contributed by atoms with E-state index in [4.69, 9.17) is 9.47 Å². The van der Waals surface area contributed by atoms with Crippen molar-refractivity contribution in [2.75, 3.05) is 13.2 Å². The van der Waals surface area contributed by atoms with Crippen LogP contribution >= 0.6 is 0 Å². The third-order valence-electron chi connectivity index (χ3n) is 2.87. The first-order valence-corrected chi connectivity index (χ1v) is 6.46. The van der Waals surface area contributed by atoms with Crippen LogP contribution in [0.3, 0.4) is 0 Å². The van der Waals surface area contributed by atoms with Crippen molar-refractivity contribution in [2.45, 2.75) is 13.2 Å². The summed E-state index contributed by atoms with van der Waals surface area (Å²) in [5.74, 6) is 0.477. The molecule has 2 N–H and O–H groups in total. The zero-order chi connectivity index (χ0) is 14.2. The maximum absolute atomic E-state index is 9.55. The summed E-state index contributed by atoms with van der Waals surface area (Å²) in [6.07, 6.45) is 0. The fraction of sp³-hybridized carbons (Fsp3) is 0.250. The van der Waals surface area contributed by atoms with E-state index < -0.39 is 0 Å². The Kier molecular flexibility index (Phi) is 5.41. The van der Waals surface area contributed by atoms with Crippen LogP contribution in [0.2, 0.25) is 0 Å². The van der Waals surface area contributed by atoms with Gasteiger partial charge in [-0.1, -0.05) is 36.4 Å². The van der Waals surface area contributed by atoms with Crippen LogP contribution in [0.5, 0.6) is 11.5 Å². The molecule has 0 radical (unpaired) electrons. The number of ether oxygens (including phenoxy) is 2. The van der Waals surface area contributed by atoms with Gasteiger partial charge in [-0.2, -0.15) is 0 Å². The van der Waals surface area contributed by atoms with Gasteiger partial charge in [-0.25, -0.2) is 0 Å². The van der Waals surface area contributed by atoms with Crippen LogP contribution in [0.4, 0.5) is 0 Å². The number of para-hydroxylation sites is 2. The number of aromatic hydroxyl groups is 2. The van der Waals surface area contributed by atoms with Crippen molar-refractivity contribution in [1.29, 1.82) is 0 Å². The average Bonchev–Trinajstić information content (AvgIpc) is 2.46. The number of rotatable bonds is 7. The average molecular weight is 274 g/mol. The maximum atomic E-state index is 9.55. The monoisotopic (exact) mass is 274 g/mol. The first-order chi connectivity index (χ1) is 9.77. The molecule has 0 amide bonds. The highest BCUT2D eigenvalue weighted by molar-refractivity contribution is 5.31. The van der Waals surface area contributed by atoms with E-state index in [1.807, 2.05) is 24.3 Å². The van der Waals surface area contributed by atoms with Crippen LogP contribution in [0.15, 0.2) is 48.5 Å². The van der Waals surface area contributed by atoms with E-state index in [0.29, 0.717) is 26.4 Å². The molecule has 0 spiro atoms. The van der Waals surface area contributed by atoms with E-state index >= 15 is 0 Å². The number of phenolic OH excluding ortho intramolecular Hbond substituents is 2. The third-order valence-corrected chi connectivity index (χ3v) is 2.87. The molecule has 2 aromatic carbocycles. The second-order valence-corrected chi connectivity index (χ2v) is 4.36. The van der Waals surface area contributed by atoms with Crippen molar-refractivity contribution >= 4 is 0 Å². The molecular formula is C16H18O4.